The number of carbonyl (C=O) groups excluding carboxylic acids is 1. The van der Waals surface area contributed by atoms with E-state index in [1.54, 1.807) is 20.2 Å². The number of fused-ring (bicyclic) bond motifs is 1. The van der Waals surface area contributed by atoms with Crippen LogP contribution in [-0.2, 0) is 22.5 Å². The predicted octanol–water partition coefficient (Wildman–Crippen LogP) is 2.37. The summed E-state index contributed by atoms with van der Waals surface area (Å²) in [6.07, 6.45) is 3.81. The highest BCUT2D eigenvalue weighted by Gasteiger charge is 2.27. The van der Waals surface area contributed by atoms with Crippen LogP contribution in [-0.4, -0.2) is 33.4 Å². The van der Waals surface area contributed by atoms with Gasteiger partial charge in [-0.15, -0.1) is 10.2 Å². The molecule has 23 heavy (non-hydrogen) atoms. The first-order valence-corrected chi connectivity index (χ1v) is 7.83. The lowest BCUT2D eigenvalue weighted by atomic mass is 9.91. The molecule has 1 aliphatic heterocycles. The Morgan fingerprint density at radius 1 is 1.35 bits per heavy atom. The Morgan fingerprint density at radius 3 is 2.78 bits per heavy atom. The number of hydrogen-bond acceptors (Lipinski definition) is 4. The molecule has 0 saturated heterocycles. The van der Waals surface area contributed by atoms with Crippen molar-refractivity contribution >= 4 is 11.6 Å². The van der Waals surface area contributed by atoms with Crippen molar-refractivity contribution in [1.82, 2.24) is 14.8 Å². The second-order valence-electron chi connectivity index (χ2n) is 6.43. The number of aromatic nitrogens is 3. The molecule has 1 aromatic heterocycles. The largest absolute Gasteiger partial charge is 0.369 e. The summed E-state index contributed by atoms with van der Waals surface area (Å²) in [5.74, 6) is 1.37. The average molecular weight is 314 g/mol. The molecule has 1 amide bonds. The minimum atomic E-state index is -0.840. The molecule has 6 heteroatoms. The number of benzene rings is 1. The molecule has 6 nitrogen and oxygen atoms in total. The zero-order valence-corrected chi connectivity index (χ0v) is 13.7. The van der Waals surface area contributed by atoms with Crippen LogP contribution in [0.3, 0.4) is 0 Å². The van der Waals surface area contributed by atoms with E-state index in [0.717, 1.165) is 30.9 Å². The van der Waals surface area contributed by atoms with Gasteiger partial charge in [0.05, 0.1) is 0 Å². The van der Waals surface area contributed by atoms with Crippen molar-refractivity contribution in [3.8, 4) is 0 Å². The van der Waals surface area contributed by atoms with E-state index in [-0.39, 0.29) is 5.91 Å². The van der Waals surface area contributed by atoms with Gasteiger partial charge in [-0.1, -0.05) is 12.1 Å². The highest BCUT2D eigenvalue weighted by atomic mass is 16.5. The fourth-order valence-corrected chi connectivity index (χ4v) is 2.74. The molecule has 0 radical (unpaired) electrons. The maximum absolute atomic E-state index is 12.1. The number of nitrogens with zero attached hydrogens (tertiary/aromatic N) is 3. The SMILES string of the molecule is COC(C)(C)C(=O)Nc1ccc([C@H]2CCc3nncn3C2)cc1. The Balaban J connectivity index is 1.67. The summed E-state index contributed by atoms with van der Waals surface area (Å²) in [6, 6.07) is 8.05. The van der Waals surface area contributed by atoms with E-state index in [0.29, 0.717) is 5.92 Å². The lowest BCUT2D eigenvalue weighted by Gasteiger charge is -2.24. The molecular weight excluding hydrogens is 292 g/mol. The Labute approximate surface area is 135 Å². The van der Waals surface area contributed by atoms with Gasteiger partial charge < -0.3 is 14.6 Å². The highest BCUT2D eigenvalue weighted by molar-refractivity contribution is 5.96. The van der Waals surface area contributed by atoms with Crippen LogP contribution < -0.4 is 5.32 Å². The summed E-state index contributed by atoms with van der Waals surface area (Å²) in [5, 5.41) is 11.0. The van der Waals surface area contributed by atoms with Crippen molar-refractivity contribution < 1.29 is 9.53 Å². The van der Waals surface area contributed by atoms with Crippen LogP contribution in [0.4, 0.5) is 5.69 Å². The first kappa shape index (κ1) is 15.7. The lowest BCUT2D eigenvalue weighted by molar-refractivity contribution is -0.133. The third-order valence-corrected chi connectivity index (χ3v) is 4.53. The van der Waals surface area contributed by atoms with Gasteiger partial charge in [0.15, 0.2) is 0 Å². The molecule has 0 bridgehead atoms. The number of nitrogens with one attached hydrogen (secondary N) is 1. The second kappa shape index (κ2) is 6.12. The number of carbonyl (C=O) groups is 1. The van der Waals surface area contributed by atoms with E-state index >= 15 is 0 Å². The number of hydrogen-bond donors (Lipinski definition) is 1. The quantitative estimate of drug-likeness (QED) is 0.940. The van der Waals surface area contributed by atoms with Crippen molar-refractivity contribution in [2.75, 3.05) is 12.4 Å². The minimum Gasteiger partial charge on any atom is -0.369 e. The van der Waals surface area contributed by atoms with Crippen molar-refractivity contribution in [3.63, 3.8) is 0 Å². The fraction of sp³-hybridized carbons (Fsp3) is 0.471. The van der Waals surface area contributed by atoms with Crippen molar-refractivity contribution in [2.45, 2.75) is 44.8 Å². The Bertz CT molecular complexity index is 691. The van der Waals surface area contributed by atoms with Crippen LogP contribution in [0, 0.1) is 0 Å². The molecular formula is C17H22N4O2. The summed E-state index contributed by atoms with van der Waals surface area (Å²) in [6.45, 7) is 4.40. The molecule has 2 aromatic rings. The zero-order chi connectivity index (χ0) is 16.4. The van der Waals surface area contributed by atoms with Crippen molar-refractivity contribution in [1.29, 1.82) is 0 Å². The van der Waals surface area contributed by atoms with Gasteiger partial charge in [0, 0.05) is 31.7 Å². The topological polar surface area (TPSA) is 69.0 Å². The number of aryl methyl sites for hydroxylation is 1. The zero-order valence-electron chi connectivity index (χ0n) is 13.7. The average Bonchev–Trinajstić information content (AvgIpc) is 3.03. The van der Waals surface area contributed by atoms with Gasteiger partial charge in [-0.2, -0.15) is 0 Å². The summed E-state index contributed by atoms with van der Waals surface area (Å²) < 4.78 is 7.31. The number of methoxy groups -OCH3 is 1. The van der Waals surface area contributed by atoms with E-state index in [2.05, 4.69) is 32.2 Å². The molecule has 0 aliphatic carbocycles. The van der Waals surface area contributed by atoms with Gasteiger partial charge in [-0.25, -0.2) is 0 Å². The van der Waals surface area contributed by atoms with E-state index in [4.69, 9.17) is 4.74 Å². The number of rotatable bonds is 4. The molecule has 1 aromatic carbocycles. The molecule has 0 spiro atoms. The van der Waals surface area contributed by atoms with Gasteiger partial charge in [-0.05, 0) is 38.0 Å². The fourth-order valence-electron chi connectivity index (χ4n) is 2.74. The predicted molar refractivity (Wildman–Crippen MR) is 87.2 cm³/mol. The molecule has 0 fully saturated rings. The summed E-state index contributed by atoms with van der Waals surface area (Å²) in [5.41, 5.74) is 1.21. The standard InChI is InChI=1S/C17H22N4O2/c1-17(2,23-3)16(22)19-14-7-4-12(5-8-14)13-6-9-15-20-18-11-21(15)10-13/h4-5,7-8,11,13H,6,9-10H2,1-3H3,(H,19,22)/t13-/m0/s1. The van der Waals surface area contributed by atoms with Crippen LogP contribution in [0.15, 0.2) is 30.6 Å². The molecule has 2 heterocycles. The van der Waals surface area contributed by atoms with E-state index in [1.165, 1.54) is 12.7 Å². The number of anilines is 1. The molecule has 122 valence electrons. The second-order valence-corrected chi connectivity index (χ2v) is 6.43. The molecule has 1 aliphatic rings. The van der Waals surface area contributed by atoms with Crippen molar-refractivity contribution in [3.05, 3.63) is 42.0 Å². The maximum Gasteiger partial charge on any atom is 0.256 e. The minimum absolute atomic E-state index is 0.153. The van der Waals surface area contributed by atoms with E-state index < -0.39 is 5.60 Å². The monoisotopic (exact) mass is 314 g/mol. The number of ether oxygens (including phenoxy) is 1. The molecule has 0 unspecified atom stereocenters. The Morgan fingerprint density at radius 2 is 2.09 bits per heavy atom. The summed E-state index contributed by atoms with van der Waals surface area (Å²) in [4.78, 5) is 12.1. The smallest absolute Gasteiger partial charge is 0.256 e. The molecule has 1 atom stereocenters. The van der Waals surface area contributed by atoms with Crippen LogP contribution in [0.2, 0.25) is 0 Å². The van der Waals surface area contributed by atoms with Gasteiger partial charge in [-0.3, -0.25) is 4.79 Å². The Hall–Kier alpha value is -2.21. The third-order valence-electron chi connectivity index (χ3n) is 4.53. The van der Waals surface area contributed by atoms with Gasteiger partial charge in [0.25, 0.3) is 5.91 Å². The summed E-state index contributed by atoms with van der Waals surface area (Å²) in [7, 11) is 1.53. The van der Waals surface area contributed by atoms with E-state index in [1.807, 2.05) is 12.1 Å². The van der Waals surface area contributed by atoms with Gasteiger partial charge in [0.2, 0.25) is 0 Å². The Kier molecular flexibility index (Phi) is 4.17. The third kappa shape index (κ3) is 3.27. The molecule has 0 saturated carbocycles. The first-order valence-electron chi connectivity index (χ1n) is 7.83. The van der Waals surface area contributed by atoms with Gasteiger partial charge >= 0.3 is 0 Å². The maximum atomic E-state index is 12.1. The highest BCUT2D eigenvalue weighted by Crippen LogP contribution is 2.28. The van der Waals surface area contributed by atoms with Crippen LogP contribution in [0.5, 0.6) is 0 Å². The van der Waals surface area contributed by atoms with Crippen molar-refractivity contribution in [2.24, 2.45) is 0 Å². The summed E-state index contributed by atoms with van der Waals surface area (Å²) >= 11 is 0. The van der Waals surface area contributed by atoms with Gasteiger partial charge in [0.1, 0.15) is 17.8 Å². The lowest BCUT2D eigenvalue weighted by Crippen LogP contribution is -2.38. The first-order chi connectivity index (χ1) is 11.0. The van der Waals surface area contributed by atoms with Crippen LogP contribution in [0.25, 0.3) is 0 Å². The molecule has 3 rings (SSSR count). The molecule has 1 N–H and O–H groups in total. The van der Waals surface area contributed by atoms with Crippen LogP contribution >= 0.6 is 0 Å². The van der Waals surface area contributed by atoms with Crippen LogP contribution in [0.1, 0.15) is 37.6 Å². The van der Waals surface area contributed by atoms with E-state index in [9.17, 15) is 4.79 Å². The number of amides is 1. The normalized spacial score (nSPS) is 17.6.